The van der Waals surface area contributed by atoms with E-state index in [9.17, 15) is 0 Å². The second kappa shape index (κ2) is 10.6. The van der Waals surface area contributed by atoms with Crippen LogP contribution in [0.5, 0.6) is 0 Å². The Balaban J connectivity index is 1.05. The van der Waals surface area contributed by atoms with Crippen molar-refractivity contribution in [3.8, 4) is 33.6 Å². The Morgan fingerprint density at radius 3 is 0.854 bits per heavy atom. The Hall–Kier alpha value is -6.38. The fraction of sp³-hybridized carbons (Fsp3) is 0. The van der Waals surface area contributed by atoms with E-state index in [1.165, 1.54) is 88.0 Å². The van der Waals surface area contributed by atoms with Crippen LogP contribution in [0.4, 0.5) is 0 Å². The van der Waals surface area contributed by atoms with Crippen LogP contribution in [0.1, 0.15) is 0 Å². The van der Waals surface area contributed by atoms with Crippen molar-refractivity contribution < 1.29 is 0 Å². The summed E-state index contributed by atoms with van der Waals surface area (Å²) in [7, 11) is 0. The minimum Gasteiger partial charge on any atom is -0.309 e. The first-order valence-corrected chi connectivity index (χ1v) is 16.5. The fourth-order valence-corrected chi connectivity index (χ4v) is 7.79. The molecule has 224 valence electrons. The van der Waals surface area contributed by atoms with Gasteiger partial charge in [-0.2, -0.15) is 0 Å². The van der Waals surface area contributed by atoms with Gasteiger partial charge >= 0.3 is 0 Å². The van der Waals surface area contributed by atoms with Gasteiger partial charge in [0.05, 0.1) is 22.1 Å². The Morgan fingerprint density at radius 2 is 0.521 bits per heavy atom. The normalized spacial score (nSPS) is 11.8. The molecule has 0 aliphatic heterocycles. The van der Waals surface area contributed by atoms with Crippen LogP contribution in [0.2, 0.25) is 0 Å². The molecule has 0 unspecified atom stereocenters. The van der Waals surface area contributed by atoms with Gasteiger partial charge < -0.3 is 9.13 Å². The molecule has 0 bridgehead atoms. The number of hydrogen-bond acceptors (Lipinski definition) is 0. The third-order valence-electron chi connectivity index (χ3n) is 9.96. The average Bonchev–Trinajstić information content (AvgIpc) is 3.68. The molecule has 0 aliphatic rings. The van der Waals surface area contributed by atoms with Crippen LogP contribution >= 0.6 is 0 Å². The predicted octanol–water partition coefficient (Wildman–Crippen LogP) is 12.4. The highest BCUT2D eigenvalue weighted by Gasteiger charge is 2.14. The van der Waals surface area contributed by atoms with Crippen LogP contribution < -0.4 is 0 Å². The van der Waals surface area contributed by atoms with Gasteiger partial charge in [0.2, 0.25) is 0 Å². The summed E-state index contributed by atoms with van der Waals surface area (Å²) in [4.78, 5) is 0. The summed E-state index contributed by atoms with van der Waals surface area (Å²) in [6.07, 6.45) is 0. The van der Waals surface area contributed by atoms with E-state index in [1.807, 2.05) is 0 Å². The topological polar surface area (TPSA) is 9.86 Å². The van der Waals surface area contributed by atoms with Crippen LogP contribution in [0.25, 0.3) is 88.0 Å². The van der Waals surface area contributed by atoms with Gasteiger partial charge in [0, 0.05) is 32.9 Å². The van der Waals surface area contributed by atoms with Crippen molar-refractivity contribution in [3.63, 3.8) is 0 Å². The van der Waals surface area contributed by atoms with E-state index in [1.54, 1.807) is 0 Å². The van der Waals surface area contributed by atoms with E-state index in [0.717, 1.165) is 0 Å². The Bertz CT molecular complexity index is 2510. The molecule has 0 radical (unpaired) electrons. The summed E-state index contributed by atoms with van der Waals surface area (Å²) in [6, 6.07) is 66.1. The first-order chi connectivity index (χ1) is 23.8. The van der Waals surface area contributed by atoms with E-state index in [4.69, 9.17) is 0 Å². The summed E-state index contributed by atoms with van der Waals surface area (Å²) in [5.74, 6) is 0. The summed E-state index contributed by atoms with van der Waals surface area (Å²) in [6.45, 7) is 0. The molecule has 2 nitrogen and oxygen atoms in total. The van der Waals surface area contributed by atoms with Gasteiger partial charge in [-0.15, -0.1) is 0 Å². The molecule has 0 saturated heterocycles. The van der Waals surface area contributed by atoms with E-state index < -0.39 is 0 Å². The van der Waals surface area contributed by atoms with E-state index in [0.29, 0.717) is 0 Å². The largest absolute Gasteiger partial charge is 0.309 e. The highest BCUT2D eigenvalue weighted by Crippen LogP contribution is 2.38. The second-order valence-corrected chi connectivity index (χ2v) is 12.5. The maximum absolute atomic E-state index is 2.37. The lowest BCUT2D eigenvalue weighted by atomic mass is 9.93. The molecular weight excluding hydrogens is 581 g/mol. The molecule has 0 spiro atoms. The lowest BCUT2D eigenvalue weighted by molar-refractivity contribution is 1.18. The molecular formula is C46H30N2. The third kappa shape index (κ3) is 4.00. The Labute approximate surface area is 278 Å². The molecule has 2 heteroatoms. The number of benzene rings is 8. The van der Waals surface area contributed by atoms with Gasteiger partial charge in [0.15, 0.2) is 0 Å². The lowest BCUT2D eigenvalue weighted by Crippen LogP contribution is -1.94. The maximum Gasteiger partial charge on any atom is 0.0541 e. The van der Waals surface area contributed by atoms with Crippen LogP contribution in [0.15, 0.2) is 182 Å². The summed E-state index contributed by atoms with van der Waals surface area (Å²) >= 11 is 0. The molecule has 0 amide bonds. The smallest absolute Gasteiger partial charge is 0.0541 e. The first kappa shape index (κ1) is 26.8. The average molecular weight is 611 g/mol. The Morgan fingerprint density at radius 1 is 0.229 bits per heavy atom. The minimum atomic E-state index is 1.17. The van der Waals surface area contributed by atoms with Crippen LogP contribution in [-0.2, 0) is 0 Å². The monoisotopic (exact) mass is 610 g/mol. The Kier molecular flexibility index (Phi) is 5.91. The van der Waals surface area contributed by atoms with Crippen LogP contribution in [-0.4, -0.2) is 9.13 Å². The third-order valence-corrected chi connectivity index (χ3v) is 9.96. The number of aromatic nitrogens is 2. The number of fused-ring (bicyclic) bond motifs is 7. The summed E-state index contributed by atoms with van der Waals surface area (Å²) in [5, 5.41) is 7.63. The van der Waals surface area contributed by atoms with E-state index in [-0.39, 0.29) is 0 Å². The van der Waals surface area contributed by atoms with Crippen molar-refractivity contribution in [1.29, 1.82) is 0 Å². The molecule has 48 heavy (non-hydrogen) atoms. The first-order valence-electron chi connectivity index (χ1n) is 16.5. The zero-order chi connectivity index (χ0) is 31.6. The standard InChI is InChI=1S/C46H30N2/c1-5-19-43-39(11-1)40-12-2-6-20-44(40)47(43)33-27-23-31(24-28-33)35-15-9-18-38-36(16-10-17-37(35)38)32-25-29-34(30-26-32)48-45-21-7-3-13-41(45)42-14-4-8-22-46(42)48/h1-30H. The molecule has 2 aromatic heterocycles. The molecule has 0 saturated carbocycles. The number of hydrogen-bond donors (Lipinski definition) is 0. The van der Waals surface area contributed by atoms with Crippen molar-refractivity contribution in [3.05, 3.63) is 182 Å². The SMILES string of the molecule is c1cc(-c2ccc(-n3c4ccccc4c4ccccc43)cc2)c2cccc(-c3ccc(-n4c5ccccc5c5ccccc54)cc3)c2c1. The van der Waals surface area contributed by atoms with Gasteiger partial charge in [0.25, 0.3) is 0 Å². The highest BCUT2D eigenvalue weighted by atomic mass is 15.0. The van der Waals surface area contributed by atoms with Gasteiger partial charge in [-0.25, -0.2) is 0 Å². The summed E-state index contributed by atoms with van der Waals surface area (Å²) in [5.41, 5.74) is 12.1. The molecule has 10 rings (SSSR count). The van der Waals surface area contributed by atoms with Crippen molar-refractivity contribution in [2.24, 2.45) is 0 Å². The molecule has 8 aromatic carbocycles. The molecule has 10 aromatic rings. The van der Waals surface area contributed by atoms with Crippen molar-refractivity contribution in [2.75, 3.05) is 0 Å². The second-order valence-electron chi connectivity index (χ2n) is 12.5. The molecule has 2 heterocycles. The van der Waals surface area contributed by atoms with Gasteiger partial charge in [-0.1, -0.05) is 133 Å². The fourth-order valence-electron chi connectivity index (χ4n) is 7.79. The van der Waals surface area contributed by atoms with Gasteiger partial charge in [-0.05, 0) is 81.6 Å². The molecule has 0 N–H and O–H groups in total. The quantitative estimate of drug-likeness (QED) is 0.188. The lowest BCUT2D eigenvalue weighted by Gasteiger charge is -2.14. The highest BCUT2D eigenvalue weighted by molar-refractivity contribution is 6.10. The zero-order valence-electron chi connectivity index (χ0n) is 26.2. The summed E-state index contributed by atoms with van der Waals surface area (Å²) < 4.78 is 4.75. The molecule has 0 atom stereocenters. The van der Waals surface area contributed by atoms with Crippen LogP contribution in [0, 0.1) is 0 Å². The van der Waals surface area contributed by atoms with E-state index in [2.05, 4.69) is 191 Å². The van der Waals surface area contributed by atoms with Crippen molar-refractivity contribution in [2.45, 2.75) is 0 Å². The van der Waals surface area contributed by atoms with Gasteiger partial charge in [-0.3, -0.25) is 0 Å². The number of rotatable bonds is 4. The van der Waals surface area contributed by atoms with Gasteiger partial charge in [0.1, 0.15) is 0 Å². The van der Waals surface area contributed by atoms with Crippen LogP contribution in [0.3, 0.4) is 0 Å². The minimum absolute atomic E-state index is 1.17. The predicted molar refractivity (Wildman–Crippen MR) is 203 cm³/mol. The van der Waals surface area contributed by atoms with E-state index >= 15 is 0 Å². The van der Waals surface area contributed by atoms with Crippen molar-refractivity contribution in [1.82, 2.24) is 9.13 Å². The number of para-hydroxylation sites is 4. The zero-order valence-corrected chi connectivity index (χ0v) is 26.2. The molecule has 0 fully saturated rings. The number of nitrogens with zero attached hydrogens (tertiary/aromatic N) is 2. The molecule has 0 aliphatic carbocycles. The van der Waals surface area contributed by atoms with Crippen molar-refractivity contribution >= 4 is 54.4 Å². The maximum atomic E-state index is 2.37.